The van der Waals surface area contributed by atoms with Crippen molar-refractivity contribution in [3.63, 3.8) is 0 Å². The normalized spacial score (nSPS) is 28.1. The predicted octanol–water partition coefficient (Wildman–Crippen LogP) is 3.22. The van der Waals surface area contributed by atoms with Gasteiger partial charge in [-0.3, -0.25) is 9.69 Å². The van der Waals surface area contributed by atoms with E-state index in [1.165, 1.54) is 12.1 Å². The van der Waals surface area contributed by atoms with Gasteiger partial charge in [-0.1, -0.05) is 24.6 Å². The van der Waals surface area contributed by atoms with Crippen molar-refractivity contribution in [2.24, 2.45) is 0 Å². The number of likely N-dealkylation sites (tertiary alicyclic amines) is 1. The van der Waals surface area contributed by atoms with Crippen LogP contribution in [0.4, 0.5) is 8.78 Å². The number of carbonyl (C=O) groups is 1. The fourth-order valence-corrected chi connectivity index (χ4v) is 4.53. The topological polar surface area (TPSA) is 38.8 Å². The summed E-state index contributed by atoms with van der Waals surface area (Å²) < 4.78 is 31.0. The molecule has 0 amide bonds. The van der Waals surface area contributed by atoms with Crippen molar-refractivity contribution < 1.29 is 13.6 Å². The summed E-state index contributed by atoms with van der Waals surface area (Å²) in [6.45, 7) is 3.77. The number of aldehydes is 1. The molecular formula is C22H29ClF2N4O. The van der Waals surface area contributed by atoms with Crippen LogP contribution in [-0.2, 0) is 4.79 Å². The third-order valence-electron chi connectivity index (χ3n) is 6.15. The zero-order valence-electron chi connectivity index (χ0n) is 17.2. The summed E-state index contributed by atoms with van der Waals surface area (Å²) in [5.74, 6) is -1.65. The Bertz CT molecular complexity index is 825. The molecule has 1 N–H and O–H groups in total. The van der Waals surface area contributed by atoms with E-state index < -0.39 is 5.79 Å². The Morgan fingerprint density at radius 1 is 1.10 bits per heavy atom. The van der Waals surface area contributed by atoms with Gasteiger partial charge in [0.15, 0.2) is 6.29 Å². The number of alkyl halides is 1. The highest BCUT2D eigenvalue weighted by Gasteiger charge is 2.43. The van der Waals surface area contributed by atoms with E-state index in [2.05, 4.69) is 22.2 Å². The van der Waals surface area contributed by atoms with Crippen LogP contribution in [0.5, 0.6) is 0 Å². The van der Waals surface area contributed by atoms with Gasteiger partial charge in [-0.05, 0) is 32.0 Å². The summed E-state index contributed by atoms with van der Waals surface area (Å²) in [5, 5.41) is 3.07. The molecule has 3 aliphatic rings. The molecule has 4 rings (SSSR count). The number of likely N-dealkylation sites (N-methyl/N-ethyl adjacent to an activating group) is 1. The Morgan fingerprint density at radius 3 is 2.53 bits per heavy atom. The van der Waals surface area contributed by atoms with E-state index in [-0.39, 0.29) is 30.0 Å². The summed E-state index contributed by atoms with van der Waals surface area (Å²) in [6.07, 6.45) is 5.99. The fraction of sp³-hybridized carbons (Fsp3) is 0.500. The van der Waals surface area contributed by atoms with Crippen molar-refractivity contribution in [1.29, 1.82) is 0 Å². The monoisotopic (exact) mass is 438 g/mol. The Morgan fingerprint density at radius 2 is 1.83 bits per heavy atom. The SMILES string of the molecule is CN1CCN(C2=CC(F)(N3CCCCC3c3ccccc3F)C=C(C=O)N2)CC1.Cl. The van der Waals surface area contributed by atoms with Crippen molar-refractivity contribution in [3.8, 4) is 0 Å². The second-order valence-corrected chi connectivity index (χ2v) is 8.12. The van der Waals surface area contributed by atoms with E-state index in [0.29, 0.717) is 30.6 Å². The van der Waals surface area contributed by atoms with Crippen LogP contribution < -0.4 is 5.32 Å². The average molecular weight is 439 g/mol. The molecule has 2 atom stereocenters. The molecule has 2 saturated heterocycles. The van der Waals surface area contributed by atoms with E-state index in [9.17, 15) is 9.18 Å². The van der Waals surface area contributed by atoms with Crippen LogP contribution in [0.15, 0.2) is 47.9 Å². The number of rotatable bonds is 4. The summed E-state index contributed by atoms with van der Waals surface area (Å²) in [4.78, 5) is 17.6. The highest BCUT2D eigenvalue weighted by atomic mass is 35.5. The van der Waals surface area contributed by atoms with Gasteiger partial charge in [0.05, 0.1) is 5.70 Å². The lowest BCUT2D eigenvalue weighted by molar-refractivity contribution is -0.105. The van der Waals surface area contributed by atoms with Gasteiger partial charge in [0.25, 0.3) is 0 Å². The van der Waals surface area contributed by atoms with Crippen molar-refractivity contribution in [3.05, 3.63) is 59.3 Å². The molecule has 0 bridgehead atoms. The molecule has 5 nitrogen and oxygen atoms in total. The third kappa shape index (κ3) is 4.53. The smallest absolute Gasteiger partial charge is 0.208 e. The van der Waals surface area contributed by atoms with E-state index in [0.717, 1.165) is 39.0 Å². The number of dihydropyridines is 1. The van der Waals surface area contributed by atoms with Crippen molar-refractivity contribution in [2.45, 2.75) is 31.1 Å². The summed E-state index contributed by atoms with van der Waals surface area (Å²) in [7, 11) is 2.06. The molecule has 3 heterocycles. The standard InChI is InChI=1S/C22H28F2N4O.ClH/c1-26-10-12-27(13-11-26)21-15-22(24,14-17(16-29)25-21)28-9-5-4-8-20(28)18-6-2-3-7-19(18)23;/h2-3,6-7,14-16,20,25H,4-5,8-13H2,1H3;1H. The molecule has 8 heteroatoms. The lowest BCUT2D eigenvalue weighted by Crippen LogP contribution is -2.53. The van der Waals surface area contributed by atoms with Crippen LogP contribution in [0.3, 0.4) is 0 Å². The molecule has 0 aromatic heterocycles. The predicted molar refractivity (Wildman–Crippen MR) is 115 cm³/mol. The minimum atomic E-state index is -1.95. The van der Waals surface area contributed by atoms with Gasteiger partial charge in [-0.2, -0.15) is 0 Å². The number of allylic oxidation sites excluding steroid dienone is 1. The van der Waals surface area contributed by atoms with Crippen molar-refractivity contribution in [1.82, 2.24) is 20.0 Å². The molecule has 2 fully saturated rings. The van der Waals surface area contributed by atoms with Crippen LogP contribution in [0.2, 0.25) is 0 Å². The van der Waals surface area contributed by atoms with Gasteiger partial charge < -0.3 is 15.1 Å². The number of piperidine rings is 1. The summed E-state index contributed by atoms with van der Waals surface area (Å²) in [6, 6.07) is 6.22. The number of halogens is 3. The fourth-order valence-electron chi connectivity index (χ4n) is 4.53. The molecule has 0 radical (unpaired) electrons. The molecule has 0 aliphatic carbocycles. The highest BCUT2D eigenvalue weighted by Crippen LogP contribution is 2.41. The molecule has 1 aromatic rings. The first kappa shape index (κ1) is 22.7. The maximum atomic E-state index is 16.5. The molecule has 2 unspecified atom stereocenters. The minimum Gasteiger partial charge on any atom is -0.356 e. The van der Waals surface area contributed by atoms with Gasteiger partial charge in [0.2, 0.25) is 5.79 Å². The highest BCUT2D eigenvalue weighted by molar-refractivity contribution is 5.85. The Labute approximate surface area is 182 Å². The first-order valence-electron chi connectivity index (χ1n) is 10.3. The molecular weight excluding hydrogens is 410 g/mol. The first-order valence-corrected chi connectivity index (χ1v) is 10.3. The quantitative estimate of drug-likeness (QED) is 0.577. The Balaban J connectivity index is 0.00000256. The number of benzene rings is 1. The van der Waals surface area contributed by atoms with E-state index in [1.54, 1.807) is 29.2 Å². The third-order valence-corrected chi connectivity index (χ3v) is 6.15. The van der Waals surface area contributed by atoms with Crippen molar-refractivity contribution >= 4 is 18.7 Å². The minimum absolute atomic E-state index is 0. The Hall–Kier alpha value is -1.96. The number of hydrogen-bond acceptors (Lipinski definition) is 5. The van der Waals surface area contributed by atoms with E-state index in [4.69, 9.17) is 0 Å². The molecule has 30 heavy (non-hydrogen) atoms. The van der Waals surface area contributed by atoms with Crippen molar-refractivity contribution in [2.75, 3.05) is 39.8 Å². The first-order chi connectivity index (χ1) is 14.0. The molecule has 3 aliphatic heterocycles. The molecule has 0 spiro atoms. The maximum Gasteiger partial charge on any atom is 0.208 e. The summed E-state index contributed by atoms with van der Waals surface area (Å²) >= 11 is 0. The van der Waals surface area contributed by atoms with E-state index >= 15 is 4.39 Å². The second-order valence-electron chi connectivity index (χ2n) is 8.12. The number of carbonyl (C=O) groups excluding carboxylic acids is 1. The van der Waals surface area contributed by atoms with E-state index in [1.807, 2.05) is 0 Å². The van der Waals surface area contributed by atoms with Crippen LogP contribution in [-0.4, -0.2) is 66.6 Å². The number of nitrogens with one attached hydrogen (secondary N) is 1. The molecule has 164 valence electrons. The second kappa shape index (κ2) is 9.45. The van der Waals surface area contributed by atoms with Crippen LogP contribution in [0.25, 0.3) is 0 Å². The average Bonchev–Trinajstić information content (AvgIpc) is 2.74. The number of nitrogens with zero attached hydrogens (tertiary/aromatic N) is 3. The van der Waals surface area contributed by atoms with Gasteiger partial charge in [-0.25, -0.2) is 8.78 Å². The zero-order valence-corrected chi connectivity index (χ0v) is 18.0. The van der Waals surface area contributed by atoms with Crippen LogP contribution in [0, 0.1) is 5.82 Å². The zero-order chi connectivity index (χ0) is 20.4. The maximum absolute atomic E-state index is 16.5. The summed E-state index contributed by atoms with van der Waals surface area (Å²) in [5.41, 5.74) is 0.722. The molecule has 1 aromatic carbocycles. The van der Waals surface area contributed by atoms with Gasteiger partial charge >= 0.3 is 0 Å². The molecule has 0 saturated carbocycles. The van der Waals surface area contributed by atoms with Crippen LogP contribution >= 0.6 is 12.4 Å². The Kier molecular flexibility index (Phi) is 7.16. The number of hydrogen-bond donors (Lipinski definition) is 1. The number of piperazine rings is 1. The largest absolute Gasteiger partial charge is 0.356 e. The van der Waals surface area contributed by atoms with Crippen LogP contribution in [0.1, 0.15) is 30.9 Å². The lowest BCUT2D eigenvalue weighted by atomic mass is 9.91. The van der Waals surface area contributed by atoms with Gasteiger partial charge in [0, 0.05) is 50.4 Å². The van der Waals surface area contributed by atoms with Gasteiger partial charge in [0.1, 0.15) is 11.6 Å². The van der Waals surface area contributed by atoms with Gasteiger partial charge in [-0.15, -0.1) is 12.4 Å². The lowest BCUT2D eigenvalue weighted by Gasteiger charge is -2.45.